The molecule has 7 nitrogen and oxygen atoms in total. The monoisotopic (exact) mass is 321 g/mol. The molecule has 8 heteroatoms. The Balaban J connectivity index is 1.58. The quantitative estimate of drug-likeness (QED) is 0.621. The second-order valence-corrected chi connectivity index (χ2v) is 5.05. The standard InChI is InChI=1S/C16H12FN7/c17-11-1-2-12(20-7-11)8-21-15-3-4-19-16(23-15)13-9-22-24-6-5-18-10-14(13)24/h1-7,9-10H,8H2,(H,19,21,23). The molecule has 0 aliphatic rings. The number of hydrogen-bond acceptors (Lipinski definition) is 6. The lowest BCUT2D eigenvalue weighted by Crippen LogP contribution is -2.04. The van der Waals surface area contributed by atoms with E-state index in [-0.39, 0.29) is 5.82 Å². The Morgan fingerprint density at radius 2 is 2.00 bits per heavy atom. The first-order valence-corrected chi connectivity index (χ1v) is 7.25. The van der Waals surface area contributed by atoms with Crippen molar-refractivity contribution in [2.24, 2.45) is 0 Å². The number of pyridine rings is 1. The fraction of sp³-hybridized carbons (Fsp3) is 0.0625. The second kappa shape index (κ2) is 5.99. The molecule has 0 aromatic carbocycles. The molecule has 0 atom stereocenters. The highest BCUT2D eigenvalue weighted by Gasteiger charge is 2.10. The van der Waals surface area contributed by atoms with Gasteiger partial charge in [0, 0.05) is 18.6 Å². The average molecular weight is 321 g/mol. The first-order chi connectivity index (χ1) is 11.8. The maximum Gasteiger partial charge on any atom is 0.165 e. The van der Waals surface area contributed by atoms with Gasteiger partial charge in [0.05, 0.1) is 41.9 Å². The molecule has 24 heavy (non-hydrogen) atoms. The highest BCUT2D eigenvalue weighted by Crippen LogP contribution is 2.21. The van der Waals surface area contributed by atoms with Gasteiger partial charge in [0.1, 0.15) is 11.6 Å². The zero-order chi connectivity index (χ0) is 16.4. The third kappa shape index (κ3) is 2.76. The van der Waals surface area contributed by atoms with Crippen molar-refractivity contribution in [3.8, 4) is 11.4 Å². The number of aromatic nitrogens is 6. The van der Waals surface area contributed by atoms with Gasteiger partial charge in [0.2, 0.25) is 0 Å². The number of nitrogens with one attached hydrogen (secondary N) is 1. The van der Waals surface area contributed by atoms with Gasteiger partial charge in [-0.05, 0) is 18.2 Å². The molecule has 0 saturated heterocycles. The zero-order valence-electron chi connectivity index (χ0n) is 12.5. The van der Waals surface area contributed by atoms with Gasteiger partial charge in [0.25, 0.3) is 0 Å². The van der Waals surface area contributed by atoms with Gasteiger partial charge in [-0.3, -0.25) is 9.97 Å². The minimum absolute atomic E-state index is 0.357. The SMILES string of the molecule is Fc1ccc(CNc2ccnc(-c3cnn4ccncc34)n2)nc1. The van der Waals surface area contributed by atoms with Crippen molar-refractivity contribution in [2.75, 3.05) is 5.32 Å². The number of nitrogens with zero attached hydrogens (tertiary/aromatic N) is 6. The summed E-state index contributed by atoms with van der Waals surface area (Å²) in [6, 6.07) is 4.76. The Bertz CT molecular complexity index is 981. The minimum atomic E-state index is -0.357. The van der Waals surface area contributed by atoms with E-state index in [0.717, 1.165) is 16.8 Å². The second-order valence-electron chi connectivity index (χ2n) is 5.05. The Morgan fingerprint density at radius 1 is 1.04 bits per heavy atom. The van der Waals surface area contributed by atoms with E-state index < -0.39 is 0 Å². The number of hydrogen-bond donors (Lipinski definition) is 1. The average Bonchev–Trinajstić information content (AvgIpc) is 3.06. The molecule has 0 aliphatic heterocycles. The summed E-state index contributed by atoms with van der Waals surface area (Å²) in [5, 5.41) is 7.41. The van der Waals surface area contributed by atoms with Gasteiger partial charge in [-0.2, -0.15) is 5.10 Å². The van der Waals surface area contributed by atoms with Crippen LogP contribution in [0.1, 0.15) is 5.69 Å². The topological polar surface area (TPSA) is 80.9 Å². The number of halogens is 1. The van der Waals surface area contributed by atoms with Crippen LogP contribution in [0.3, 0.4) is 0 Å². The van der Waals surface area contributed by atoms with E-state index in [4.69, 9.17) is 0 Å². The smallest absolute Gasteiger partial charge is 0.165 e. The maximum atomic E-state index is 12.9. The maximum absolute atomic E-state index is 12.9. The molecular weight excluding hydrogens is 309 g/mol. The third-order valence-corrected chi connectivity index (χ3v) is 3.46. The van der Waals surface area contributed by atoms with Crippen LogP contribution in [0, 0.1) is 5.82 Å². The van der Waals surface area contributed by atoms with Crippen molar-refractivity contribution in [3.63, 3.8) is 0 Å². The van der Waals surface area contributed by atoms with Crippen molar-refractivity contribution >= 4 is 11.3 Å². The van der Waals surface area contributed by atoms with Crippen molar-refractivity contribution < 1.29 is 4.39 Å². The van der Waals surface area contributed by atoms with Crippen LogP contribution in [-0.2, 0) is 6.54 Å². The molecule has 0 fully saturated rings. The zero-order valence-corrected chi connectivity index (χ0v) is 12.5. The molecule has 0 spiro atoms. The molecule has 1 N–H and O–H groups in total. The molecule has 4 aromatic rings. The number of fused-ring (bicyclic) bond motifs is 1. The van der Waals surface area contributed by atoms with E-state index in [1.165, 1.54) is 12.3 Å². The van der Waals surface area contributed by atoms with Gasteiger partial charge >= 0.3 is 0 Å². The molecule has 4 rings (SSSR count). The molecule has 118 valence electrons. The summed E-state index contributed by atoms with van der Waals surface area (Å²) in [6.45, 7) is 0.438. The van der Waals surface area contributed by atoms with Gasteiger partial charge in [0.15, 0.2) is 5.82 Å². The third-order valence-electron chi connectivity index (χ3n) is 3.46. The summed E-state index contributed by atoms with van der Waals surface area (Å²) in [5.74, 6) is 0.842. The Kier molecular flexibility index (Phi) is 3.54. The summed E-state index contributed by atoms with van der Waals surface area (Å²) in [6.07, 6.45) is 9.71. The van der Waals surface area contributed by atoms with E-state index in [1.54, 1.807) is 47.6 Å². The highest BCUT2D eigenvalue weighted by atomic mass is 19.1. The van der Waals surface area contributed by atoms with Crippen molar-refractivity contribution in [1.29, 1.82) is 0 Å². The van der Waals surface area contributed by atoms with E-state index >= 15 is 0 Å². The minimum Gasteiger partial charge on any atom is -0.364 e. The van der Waals surface area contributed by atoms with Crippen LogP contribution in [0.15, 0.2) is 55.4 Å². The molecule has 0 bridgehead atoms. The summed E-state index contributed by atoms with van der Waals surface area (Å²) in [4.78, 5) is 16.9. The predicted molar refractivity (Wildman–Crippen MR) is 85.5 cm³/mol. The fourth-order valence-corrected chi connectivity index (χ4v) is 2.29. The van der Waals surface area contributed by atoms with E-state index in [9.17, 15) is 4.39 Å². The van der Waals surface area contributed by atoms with E-state index in [1.807, 2.05) is 0 Å². The fourth-order valence-electron chi connectivity index (χ4n) is 2.29. The predicted octanol–water partition coefficient (Wildman–Crippen LogP) is 2.33. The normalized spacial score (nSPS) is 10.9. The summed E-state index contributed by atoms with van der Waals surface area (Å²) < 4.78 is 14.6. The molecule has 4 heterocycles. The summed E-state index contributed by atoms with van der Waals surface area (Å²) in [5.41, 5.74) is 2.35. The van der Waals surface area contributed by atoms with Gasteiger partial charge in [-0.25, -0.2) is 18.9 Å². The molecule has 0 radical (unpaired) electrons. The number of anilines is 1. The summed E-state index contributed by atoms with van der Waals surface area (Å²) >= 11 is 0. The Labute approximate surface area is 136 Å². The first kappa shape index (κ1) is 14.2. The van der Waals surface area contributed by atoms with Crippen LogP contribution in [0.2, 0.25) is 0 Å². The van der Waals surface area contributed by atoms with Gasteiger partial charge in [-0.1, -0.05) is 0 Å². The molecule has 4 aromatic heterocycles. The van der Waals surface area contributed by atoms with Crippen LogP contribution in [0.25, 0.3) is 16.9 Å². The molecule has 0 aliphatic carbocycles. The first-order valence-electron chi connectivity index (χ1n) is 7.25. The van der Waals surface area contributed by atoms with Crippen LogP contribution < -0.4 is 5.32 Å². The van der Waals surface area contributed by atoms with Crippen LogP contribution in [0.4, 0.5) is 10.2 Å². The number of rotatable bonds is 4. The largest absolute Gasteiger partial charge is 0.364 e. The lowest BCUT2D eigenvalue weighted by molar-refractivity contribution is 0.619. The lowest BCUT2D eigenvalue weighted by atomic mass is 10.3. The van der Waals surface area contributed by atoms with Crippen LogP contribution in [0.5, 0.6) is 0 Å². The van der Waals surface area contributed by atoms with Crippen LogP contribution >= 0.6 is 0 Å². The van der Waals surface area contributed by atoms with E-state index in [2.05, 4.69) is 30.4 Å². The molecule has 0 unspecified atom stereocenters. The Hall–Kier alpha value is -3.42. The molecular formula is C16H12FN7. The van der Waals surface area contributed by atoms with Crippen molar-refractivity contribution in [1.82, 2.24) is 29.5 Å². The lowest BCUT2D eigenvalue weighted by Gasteiger charge is -2.06. The Morgan fingerprint density at radius 3 is 2.88 bits per heavy atom. The highest BCUT2D eigenvalue weighted by molar-refractivity contribution is 5.75. The van der Waals surface area contributed by atoms with E-state index in [0.29, 0.717) is 18.2 Å². The molecule has 0 saturated carbocycles. The van der Waals surface area contributed by atoms with Gasteiger partial charge < -0.3 is 5.32 Å². The summed E-state index contributed by atoms with van der Waals surface area (Å²) in [7, 11) is 0. The van der Waals surface area contributed by atoms with Crippen molar-refractivity contribution in [3.05, 3.63) is 66.9 Å². The molecule has 0 amide bonds. The van der Waals surface area contributed by atoms with Gasteiger partial charge in [-0.15, -0.1) is 0 Å². The van der Waals surface area contributed by atoms with Crippen molar-refractivity contribution in [2.45, 2.75) is 6.54 Å². The van der Waals surface area contributed by atoms with Crippen LogP contribution in [-0.4, -0.2) is 29.5 Å².